The average molecular weight is 1170 g/mol. The van der Waals surface area contributed by atoms with Crippen LogP contribution < -0.4 is 34.9 Å². The van der Waals surface area contributed by atoms with Gasteiger partial charge in [-0.3, -0.25) is 14.4 Å². The van der Waals surface area contributed by atoms with Crippen LogP contribution in [-0.4, -0.2) is 99.8 Å². The summed E-state index contributed by atoms with van der Waals surface area (Å²) in [5, 5.41) is 17.3. The molecule has 22 heteroatoms. The summed E-state index contributed by atoms with van der Waals surface area (Å²) in [5.41, 5.74) is -1.65. The third-order valence-corrected chi connectivity index (χ3v) is 12.4. The molecule has 83 heavy (non-hydrogen) atoms. The number of halogens is 9. The molecule has 1 aliphatic carbocycles. The Morgan fingerprint density at radius 3 is 1.40 bits per heavy atom. The lowest BCUT2D eigenvalue weighted by molar-refractivity contribution is -0.138. The van der Waals surface area contributed by atoms with E-state index in [4.69, 9.17) is 18.9 Å². The molecule has 0 radical (unpaired) electrons. The first-order valence-corrected chi connectivity index (χ1v) is 25.9. The summed E-state index contributed by atoms with van der Waals surface area (Å²) in [5.74, 6) is -0.758. The van der Waals surface area contributed by atoms with Crippen LogP contribution in [0.15, 0.2) is 115 Å². The largest absolute Gasteiger partial charge is 0.507 e. The molecule has 1 saturated carbocycles. The second-order valence-electron chi connectivity index (χ2n) is 19.5. The zero-order valence-electron chi connectivity index (χ0n) is 46.5. The van der Waals surface area contributed by atoms with Crippen molar-refractivity contribution in [3.63, 3.8) is 0 Å². The molecule has 1 fully saturated rings. The highest BCUT2D eigenvalue weighted by atomic mass is 19.4. The molecule has 0 spiro atoms. The number of likely N-dealkylation sites (N-methyl/N-ethyl adjacent to an activating group) is 2. The maximum atomic E-state index is 13.3. The molecule has 0 aromatic heterocycles. The standard InChI is InChI=1S/C24H29F3N2O3.C19H21F3N2O2.C17H16F3NO3.CH4/c1-16-11-12-17(15-19(16)24(25,26)27)28-23(30)22-20(31-14-13-29(2)3)9-6-10-21(22)32-18-7-4-5-8-18;1-13-7-8-15(12-17(13)19(20,21)22)23-18(25)14-5-4-6-16(11-14)26-10-9-24(2)3;1-3-24-14-6-4-5-13(22)15(14)16(23)21-11-8-7-10(2)12(9-11)17(18,19)20;/h6,9-12,15,18H,4-5,7-8,13-14H2,1-3H3,(H,28,30);4-8,11-12H,9-10H2,1-3H3,(H,23,25);4-9,22H,3H2,1-2H3,(H,21,23);1H4. The summed E-state index contributed by atoms with van der Waals surface area (Å²) in [6.45, 7) is 8.26. The lowest BCUT2D eigenvalue weighted by Gasteiger charge is -2.20. The summed E-state index contributed by atoms with van der Waals surface area (Å²) in [6, 6.07) is 26.9. The second kappa shape index (κ2) is 30.4. The second-order valence-corrected chi connectivity index (χ2v) is 19.5. The number of phenols is 1. The number of amides is 3. The van der Waals surface area contributed by atoms with Gasteiger partial charge in [0.05, 0.1) is 29.4 Å². The smallest absolute Gasteiger partial charge is 0.416 e. The number of ether oxygens (including phenoxy) is 4. The van der Waals surface area contributed by atoms with Crippen LogP contribution in [0.5, 0.6) is 28.7 Å². The lowest BCUT2D eigenvalue weighted by Crippen LogP contribution is -2.22. The van der Waals surface area contributed by atoms with E-state index in [1.165, 1.54) is 75.4 Å². The van der Waals surface area contributed by atoms with Crippen LogP contribution >= 0.6 is 0 Å². The molecule has 7 rings (SSSR count). The van der Waals surface area contributed by atoms with Gasteiger partial charge in [0.15, 0.2) is 0 Å². The van der Waals surface area contributed by atoms with Crippen molar-refractivity contribution in [2.45, 2.75) is 85.4 Å². The van der Waals surface area contributed by atoms with Crippen molar-refractivity contribution in [3.05, 3.63) is 165 Å². The number of alkyl halides is 9. The molecule has 6 aromatic rings. The van der Waals surface area contributed by atoms with Crippen molar-refractivity contribution in [2.75, 3.05) is 77.1 Å². The number of nitrogens with zero attached hydrogens (tertiary/aromatic N) is 2. The van der Waals surface area contributed by atoms with Crippen LogP contribution in [0, 0.1) is 20.8 Å². The Balaban J connectivity index is 0.000000269. The van der Waals surface area contributed by atoms with E-state index in [0.717, 1.165) is 50.4 Å². The van der Waals surface area contributed by atoms with E-state index < -0.39 is 52.9 Å². The number of carbonyl (C=O) groups excluding carboxylic acids is 3. The number of benzene rings is 6. The molecule has 0 bridgehead atoms. The summed E-state index contributed by atoms with van der Waals surface area (Å²) < 4.78 is 140. The molecule has 13 nitrogen and oxygen atoms in total. The summed E-state index contributed by atoms with van der Waals surface area (Å²) in [7, 11) is 7.66. The Hall–Kier alpha value is -7.98. The van der Waals surface area contributed by atoms with Crippen LogP contribution in [0.3, 0.4) is 0 Å². The maximum absolute atomic E-state index is 13.3. The SMILES string of the molecule is C.CCOc1cccc(O)c1C(=O)Nc1ccc(C)c(C(F)(F)F)c1.Cc1ccc(NC(=O)c2c(OCCN(C)C)cccc2OC2CCCC2)cc1C(F)(F)F.Cc1ccc(NC(=O)c2cccc(OCCN(C)C)c2)cc1C(F)(F)F. The van der Waals surface area contributed by atoms with E-state index in [-0.39, 0.29) is 76.5 Å². The molecule has 0 unspecified atom stereocenters. The lowest BCUT2D eigenvalue weighted by atomic mass is 10.1. The van der Waals surface area contributed by atoms with Crippen LogP contribution in [0.25, 0.3) is 0 Å². The van der Waals surface area contributed by atoms with Gasteiger partial charge in [0.25, 0.3) is 17.7 Å². The number of nitrogens with one attached hydrogen (secondary N) is 3. The van der Waals surface area contributed by atoms with E-state index >= 15 is 0 Å². The van der Waals surface area contributed by atoms with E-state index in [0.29, 0.717) is 42.6 Å². The summed E-state index contributed by atoms with van der Waals surface area (Å²) >= 11 is 0. The van der Waals surface area contributed by atoms with Gasteiger partial charge in [-0.05, 0) is 177 Å². The number of carbonyl (C=O) groups is 3. The fraction of sp³-hybridized carbons (Fsp3) is 0.361. The first kappa shape index (κ1) is 67.5. The minimum absolute atomic E-state index is 0. The van der Waals surface area contributed by atoms with Crippen molar-refractivity contribution < 1.29 is 78.0 Å². The molecule has 1 aliphatic rings. The van der Waals surface area contributed by atoms with Crippen molar-refractivity contribution in [2.24, 2.45) is 0 Å². The van der Waals surface area contributed by atoms with E-state index in [9.17, 15) is 59.0 Å². The molecule has 0 aliphatic heterocycles. The van der Waals surface area contributed by atoms with Crippen molar-refractivity contribution in [1.29, 1.82) is 0 Å². The maximum Gasteiger partial charge on any atom is 0.416 e. The van der Waals surface area contributed by atoms with Crippen LogP contribution in [0.4, 0.5) is 56.6 Å². The van der Waals surface area contributed by atoms with Gasteiger partial charge in [0.2, 0.25) is 0 Å². The molecule has 0 heterocycles. The molecule has 4 N–H and O–H groups in total. The number of aryl methyl sites for hydroxylation is 3. The van der Waals surface area contributed by atoms with Crippen LogP contribution in [-0.2, 0) is 18.5 Å². The zero-order valence-corrected chi connectivity index (χ0v) is 46.5. The minimum atomic E-state index is -4.52. The number of hydrogen-bond donors (Lipinski definition) is 4. The third kappa shape index (κ3) is 20.4. The van der Waals surface area contributed by atoms with Gasteiger partial charge in [-0.15, -0.1) is 0 Å². The predicted octanol–water partition coefficient (Wildman–Crippen LogP) is 14.7. The van der Waals surface area contributed by atoms with Crippen LogP contribution in [0.1, 0.15) is 104 Å². The van der Waals surface area contributed by atoms with E-state index in [1.54, 1.807) is 49.4 Å². The normalized spacial score (nSPS) is 12.5. The number of aromatic hydroxyl groups is 1. The van der Waals surface area contributed by atoms with Gasteiger partial charge >= 0.3 is 18.5 Å². The summed E-state index contributed by atoms with van der Waals surface area (Å²) in [6.07, 6.45) is -9.55. The number of rotatable bonds is 18. The summed E-state index contributed by atoms with van der Waals surface area (Å²) in [4.78, 5) is 41.8. The highest BCUT2D eigenvalue weighted by molar-refractivity contribution is 6.09. The first-order valence-electron chi connectivity index (χ1n) is 25.9. The van der Waals surface area contributed by atoms with Gasteiger partial charge in [-0.2, -0.15) is 39.5 Å². The van der Waals surface area contributed by atoms with Gasteiger partial charge < -0.3 is 49.8 Å². The molecule has 0 atom stereocenters. The topological polar surface area (TPSA) is 151 Å². The Labute approximate surface area is 477 Å². The van der Waals surface area contributed by atoms with E-state index in [1.807, 2.05) is 38.0 Å². The molecule has 3 amide bonds. The van der Waals surface area contributed by atoms with Gasteiger partial charge in [-0.25, -0.2) is 0 Å². The first-order chi connectivity index (χ1) is 38.5. The monoisotopic (exact) mass is 1170 g/mol. The fourth-order valence-electron chi connectivity index (χ4n) is 8.18. The highest BCUT2D eigenvalue weighted by Crippen LogP contribution is 2.38. The molecular formula is C61H70F9N5O8. The molecule has 6 aromatic carbocycles. The number of hydrogen-bond acceptors (Lipinski definition) is 10. The Kier molecular flexibility index (Phi) is 24.7. The van der Waals surface area contributed by atoms with Gasteiger partial charge in [0, 0.05) is 35.7 Å². The zero-order chi connectivity index (χ0) is 60.5. The van der Waals surface area contributed by atoms with E-state index in [2.05, 4.69) is 16.0 Å². The fourth-order valence-corrected chi connectivity index (χ4v) is 8.18. The van der Waals surface area contributed by atoms with Crippen molar-refractivity contribution >= 4 is 34.8 Å². The minimum Gasteiger partial charge on any atom is -0.507 e. The van der Waals surface area contributed by atoms with Gasteiger partial charge in [-0.1, -0.05) is 43.8 Å². The van der Waals surface area contributed by atoms with Crippen molar-refractivity contribution in [3.8, 4) is 28.7 Å². The quantitative estimate of drug-likeness (QED) is 0.0612. The van der Waals surface area contributed by atoms with Crippen molar-refractivity contribution in [1.82, 2.24) is 9.80 Å². The molecule has 0 saturated heterocycles. The third-order valence-electron chi connectivity index (χ3n) is 12.4. The molecular weight excluding hydrogens is 1100 g/mol. The highest BCUT2D eigenvalue weighted by Gasteiger charge is 2.35. The van der Waals surface area contributed by atoms with Gasteiger partial charge in [0.1, 0.15) is 53.1 Å². The predicted molar refractivity (Wildman–Crippen MR) is 302 cm³/mol. The average Bonchev–Trinajstić information content (AvgIpc) is 4.08. The van der Waals surface area contributed by atoms with Crippen LogP contribution in [0.2, 0.25) is 0 Å². The Morgan fingerprint density at radius 2 is 0.940 bits per heavy atom. The molecule has 450 valence electrons. The number of phenolic OH excluding ortho intramolecular Hbond substituents is 1. The Morgan fingerprint density at radius 1 is 0.530 bits per heavy atom. The number of anilines is 3. The Bertz CT molecular complexity index is 3120.